The summed E-state index contributed by atoms with van der Waals surface area (Å²) in [7, 11) is 0. The molecule has 2 unspecified atom stereocenters. The molecular weight excluding hydrogens is 252 g/mol. The van der Waals surface area contributed by atoms with E-state index in [0.29, 0.717) is 12.8 Å². The molecule has 6 heteroatoms. The second-order valence-electron chi connectivity index (χ2n) is 4.97. The van der Waals surface area contributed by atoms with Crippen LogP contribution < -0.4 is 0 Å². The summed E-state index contributed by atoms with van der Waals surface area (Å²) in [5, 5.41) is 27.8. The Bertz CT molecular complexity index is 450. The van der Waals surface area contributed by atoms with Gasteiger partial charge in [-0.25, -0.2) is 4.79 Å². The third-order valence-electron chi connectivity index (χ3n) is 4.14. The van der Waals surface area contributed by atoms with E-state index in [-0.39, 0.29) is 24.0 Å². The minimum atomic E-state index is -1.60. The average molecular weight is 270 g/mol. The summed E-state index contributed by atoms with van der Waals surface area (Å²) >= 11 is 0. The van der Waals surface area contributed by atoms with Gasteiger partial charge in [0.25, 0.3) is 0 Å². The minimum Gasteiger partial charge on any atom is -0.481 e. The lowest BCUT2D eigenvalue weighted by Crippen LogP contribution is -2.46. The molecule has 1 saturated carbocycles. The predicted molar refractivity (Wildman–Crippen MR) is 65.7 cm³/mol. The van der Waals surface area contributed by atoms with E-state index in [1.807, 2.05) is 0 Å². The van der Waals surface area contributed by atoms with E-state index in [9.17, 15) is 24.6 Å². The molecule has 6 nitrogen and oxygen atoms in total. The number of rotatable bonds is 4. The molecule has 0 radical (unpaired) electrons. The molecule has 0 aromatic carbocycles. The van der Waals surface area contributed by atoms with Gasteiger partial charge in [-0.1, -0.05) is 12.8 Å². The minimum absolute atomic E-state index is 0.0875. The Morgan fingerprint density at radius 1 is 1.05 bits per heavy atom. The van der Waals surface area contributed by atoms with Gasteiger partial charge in [0.15, 0.2) is 0 Å². The fourth-order valence-electron chi connectivity index (χ4n) is 2.87. The molecular formula is C13H18O6. The van der Waals surface area contributed by atoms with Gasteiger partial charge < -0.3 is 15.3 Å². The van der Waals surface area contributed by atoms with Gasteiger partial charge in [-0.2, -0.15) is 0 Å². The normalized spacial score (nSPS) is 28.4. The Hall–Kier alpha value is -1.85. The van der Waals surface area contributed by atoms with Crippen molar-refractivity contribution in [1.29, 1.82) is 0 Å². The molecule has 1 rings (SSSR count). The number of aliphatic carboxylic acids is 3. The molecule has 0 aliphatic heterocycles. The van der Waals surface area contributed by atoms with E-state index < -0.39 is 29.2 Å². The first kappa shape index (κ1) is 15.2. The van der Waals surface area contributed by atoms with E-state index in [2.05, 4.69) is 0 Å². The van der Waals surface area contributed by atoms with Crippen LogP contribution in [0.1, 0.15) is 39.5 Å². The zero-order valence-corrected chi connectivity index (χ0v) is 11.0. The molecule has 1 aliphatic carbocycles. The first-order valence-corrected chi connectivity index (χ1v) is 6.12. The van der Waals surface area contributed by atoms with Crippen molar-refractivity contribution in [3.8, 4) is 0 Å². The molecule has 0 spiro atoms. The van der Waals surface area contributed by atoms with Crippen LogP contribution in [-0.4, -0.2) is 33.2 Å². The van der Waals surface area contributed by atoms with Crippen LogP contribution in [0.5, 0.6) is 0 Å². The molecule has 106 valence electrons. The van der Waals surface area contributed by atoms with Crippen LogP contribution in [0, 0.1) is 11.3 Å². The van der Waals surface area contributed by atoms with Gasteiger partial charge in [0.05, 0.1) is 5.92 Å². The smallest absolute Gasteiger partial charge is 0.331 e. The zero-order valence-electron chi connectivity index (χ0n) is 11.0. The molecule has 0 aromatic heterocycles. The van der Waals surface area contributed by atoms with Crippen molar-refractivity contribution in [2.45, 2.75) is 39.5 Å². The Kier molecular flexibility index (Phi) is 4.34. The fourth-order valence-corrected chi connectivity index (χ4v) is 2.87. The van der Waals surface area contributed by atoms with Gasteiger partial charge in [0, 0.05) is 5.57 Å². The van der Waals surface area contributed by atoms with Gasteiger partial charge in [-0.05, 0) is 32.3 Å². The summed E-state index contributed by atoms with van der Waals surface area (Å²) in [4.78, 5) is 34.0. The number of hydrogen-bond donors (Lipinski definition) is 3. The van der Waals surface area contributed by atoms with Crippen molar-refractivity contribution in [1.82, 2.24) is 0 Å². The van der Waals surface area contributed by atoms with Gasteiger partial charge in [-0.15, -0.1) is 0 Å². The maximum absolute atomic E-state index is 11.7. The SMILES string of the molecule is CC(C(=O)O)=C(C)C1(C(=O)O)CCCCC1C(=O)O. The molecule has 3 N–H and O–H groups in total. The third kappa shape index (κ3) is 2.47. The molecule has 0 bridgehead atoms. The molecule has 19 heavy (non-hydrogen) atoms. The average Bonchev–Trinajstić information content (AvgIpc) is 2.36. The number of carbonyl (C=O) groups is 3. The van der Waals surface area contributed by atoms with Crippen LogP contribution in [0.15, 0.2) is 11.1 Å². The first-order valence-electron chi connectivity index (χ1n) is 6.12. The van der Waals surface area contributed by atoms with E-state index in [1.165, 1.54) is 13.8 Å². The monoisotopic (exact) mass is 270 g/mol. The lowest BCUT2D eigenvalue weighted by molar-refractivity contribution is -0.162. The van der Waals surface area contributed by atoms with Crippen molar-refractivity contribution >= 4 is 17.9 Å². The van der Waals surface area contributed by atoms with E-state index in [0.717, 1.165) is 0 Å². The van der Waals surface area contributed by atoms with Crippen molar-refractivity contribution in [3.05, 3.63) is 11.1 Å². The lowest BCUT2D eigenvalue weighted by atomic mass is 9.61. The summed E-state index contributed by atoms with van der Waals surface area (Å²) in [6.07, 6.45) is 1.65. The number of carboxylic acid groups (broad SMARTS) is 3. The highest BCUT2D eigenvalue weighted by molar-refractivity contribution is 5.92. The zero-order chi connectivity index (χ0) is 14.8. The third-order valence-corrected chi connectivity index (χ3v) is 4.14. The highest BCUT2D eigenvalue weighted by Crippen LogP contribution is 2.48. The van der Waals surface area contributed by atoms with E-state index >= 15 is 0 Å². The molecule has 0 amide bonds. The first-order chi connectivity index (χ1) is 8.75. The molecule has 0 aromatic rings. The summed E-state index contributed by atoms with van der Waals surface area (Å²) in [5.74, 6) is -4.72. The second-order valence-corrected chi connectivity index (χ2v) is 4.97. The Morgan fingerprint density at radius 3 is 2.05 bits per heavy atom. The van der Waals surface area contributed by atoms with Crippen molar-refractivity contribution in [2.75, 3.05) is 0 Å². The van der Waals surface area contributed by atoms with Gasteiger partial charge in [-0.3, -0.25) is 9.59 Å². The topological polar surface area (TPSA) is 112 Å². The maximum atomic E-state index is 11.7. The van der Waals surface area contributed by atoms with Crippen molar-refractivity contribution in [2.24, 2.45) is 11.3 Å². The summed E-state index contributed by atoms with van der Waals surface area (Å²) in [6, 6.07) is 0. The maximum Gasteiger partial charge on any atom is 0.331 e. The summed E-state index contributed by atoms with van der Waals surface area (Å²) in [6.45, 7) is 2.73. The van der Waals surface area contributed by atoms with Gasteiger partial charge in [0.1, 0.15) is 5.41 Å². The van der Waals surface area contributed by atoms with Crippen LogP contribution in [0.2, 0.25) is 0 Å². The standard InChI is InChI=1S/C13H18O6/c1-7(10(14)15)8(2)13(12(18)19)6-4-3-5-9(13)11(16)17/h9H,3-6H2,1-2H3,(H,14,15)(H,16,17)(H,18,19). The van der Waals surface area contributed by atoms with Crippen LogP contribution in [-0.2, 0) is 14.4 Å². The molecule has 1 fully saturated rings. The fraction of sp³-hybridized carbons (Fsp3) is 0.615. The lowest BCUT2D eigenvalue weighted by Gasteiger charge is -2.39. The Labute approximate surface area is 110 Å². The van der Waals surface area contributed by atoms with Gasteiger partial charge in [0.2, 0.25) is 0 Å². The number of hydrogen-bond acceptors (Lipinski definition) is 3. The Balaban J connectivity index is 3.45. The highest BCUT2D eigenvalue weighted by atomic mass is 16.4. The molecule has 0 heterocycles. The van der Waals surface area contributed by atoms with E-state index in [4.69, 9.17) is 5.11 Å². The number of carboxylic acids is 3. The Morgan fingerprint density at radius 2 is 1.63 bits per heavy atom. The quantitative estimate of drug-likeness (QED) is 0.671. The molecule has 1 aliphatic rings. The van der Waals surface area contributed by atoms with Crippen LogP contribution >= 0.6 is 0 Å². The van der Waals surface area contributed by atoms with Crippen LogP contribution in [0.3, 0.4) is 0 Å². The van der Waals surface area contributed by atoms with Crippen LogP contribution in [0.25, 0.3) is 0 Å². The molecule has 2 atom stereocenters. The van der Waals surface area contributed by atoms with Gasteiger partial charge >= 0.3 is 17.9 Å². The molecule has 0 saturated heterocycles. The highest BCUT2D eigenvalue weighted by Gasteiger charge is 2.52. The summed E-state index contributed by atoms with van der Waals surface area (Å²) < 4.78 is 0. The van der Waals surface area contributed by atoms with Crippen molar-refractivity contribution in [3.63, 3.8) is 0 Å². The summed E-state index contributed by atoms with van der Waals surface area (Å²) in [5.41, 5.74) is -1.55. The largest absolute Gasteiger partial charge is 0.481 e. The predicted octanol–water partition coefficient (Wildman–Crippen LogP) is 1.75. The van der Waals surface area contributed by atoms with Crippen LogP contribution in [0.4, 0.5) is 0 Å². The second kappa shape index (κ2) is 5.42. The van der Waals surface area contributed by atoms with E-state index in [1.54, 1.807) is 0 Å². The van der Waals surface area contributed by atoms with Crippen molar-refractivity contribution < 1.29 is 29.7 Å².